The largest absolute Gasteiger partial charge is 0.398 e. The highest BCUT2D eigenvalue weighted by Gasteiger charge is 2.42. The van der Waals surface area contributed by atoms with Gasteiger partial charge in [-0.3, -0.25) is 0 Å². The molecule has 0 saturated carbocycles. The first-order valence-electron chi connectivity index (χ1n) is 6.51. The Labute approximate surface area is 126 Å². The summed E-state index contributed by atoms with van der Waals surface area (Å²) in [6.45, 7) is 1.73. The van der Waals surface area contributed by atoms with Gasteiger partial charge in [-0.1, -0.05) is 37.1 Å². The van der Waals surface area contributed by atoms with Gasteiger partial charge in [0.15, 0.2) is 0 Å². The molecule has 2 atom stereocenters. The van der Waals surface area contributed by atoms with Crippen LogP contribution in [0, 0.1) is 12.3 Å². The summed E-state index contributed by atoms with van der Waals surface area (Å²) in [5.41, 5.74) is 0.121. The number of aliphatic hydroxyl groups is 1. The molecule has 0 heterocycles. The van der Waals surface area contributed by atoms with Crippen LogP contribution < -0.4 is 0 Å². The Morgan fingerprint density at radius 1 is 1.33 bits per heavy atom. The third kappa shape index (κ3) is 3.28. The molecule has 0 fully saturated rings. The van der Waals surface area contributed by atoms with Gasteiger partial charge in [0.25, 0.3) is 0 Å². The lowest BCUT2D eigenvalue weighted by Gasteiger charge is -2.31. The van der Waals surface area contributed by atoms with Crippen molar-refractivity contribution >= 4 is 17.8 Å². The van der Waals surface area contributed by atoms with Gasteiger partial charge in [-0.25, -0.2) is 0 Å². The topological polar surface area (TPSA) is 20.2 Å². The first-order valence-corrected chi connectivity index (χ1v) is 7.49. The zero-order valence-electron chi connectivity index (χ0n) is 11.4. The van der Waals surface area contributed by atoms with Crippen LogP contribution in [0.3, 0.4) is 0 Å². The molecule has 1 aliphatic carbocycles. The minimum absolute atomic E-state index is 0.270. The molecule has 2 unspecified atom stereocenters. The van der Waals surface area contributed by atoms with E-state index >= 15 is 0 Å². The summed E-state index contributed by atoms with van der Waals surface area (Å²) in [6.07, 6.45) is 3.14. The summed E-state index contributed by atoms with van der Waals surface area (Å²) in [7, 11) is 0. The van der Waals surface area contributed by atoms with Crippen molar-refractivity contribution in [1.29, 1.82) is 0 Å². The van der Waals surface area contributed by atoms with E-state index in [1.54, 1.807) is 25.1 Å². The summed E-state index contributed by atoms with van der Waals surface area (Å²) in [5, 5.41) is 10.6. The van der Waals surface area contributed by atoms with Crippen LogP contribution >= 0.6 is 11.8 Å². The van der Waals surface area contributed by atoms with Crippen molar-refractivity contribution in [2.24, 2.45) is 0 Å². The lowest BCUT2D eigenvalue weighted by atomic mass is 9.82. The smallest absolute Gasteiger partial charge is 0.377 e. The summed E-state index contributed by atoms with van der Waals surface area (Å²) < 4.78 is 37.4. The van der Waals surface area contributed by atoms with E-state index in [0.29, 0.717) is 16.7 Å². The number of benzene rings is 1. The van der Waals surface area contributed by atoms with Crippen LogP contribution in [0.1, 0.15) is 30.4 Å². The SMILES string of the molecule is C#CC(O)(CC)C1C(SCC(F)(F)F)=Cc2ccccc21. The average molecular weight is 312 g/mol. The Morgan fingerprint density at radius 3 is 2.57 bits per heavy atom. The van der Waals surface area contributed by atoms with Gasteiger partial charge in [0, 0.05) is 0 Å². The Hall–Kier alpha value is -1.38. The molecule has 2 rings (SSSR count). The van der Waals surface area contributed by atoms with E-state index in [-0.39, 0.29) is 6.42 Å². The van der Waals surface area contributed by atoms with Gasteiger partial charge in [-0.15, -0.1) is 18.2 Å². The average Bonchev–Trinajstić information content (AvgIpc) is 2.82. The molecule has 0 spiro atoms. The molecule has 21 heavy (non-hydrogen) atoms. The van der Waals surface area contributed by atoms with Gasteiger partial charge >= 0.3 is 6.18 Å². The van der Waals surface area contributed by atoms with Crippen LogP contribution in [-0.4, -0.2) is 22.6 Å². The highest BCUT2D eigenvalue weighted by atomic mass is 32.2. The molecule has 5 heteroatoms. The zero-order valence-corrected chi connectivity index (χ0v) is 12.3. The van der Waals surface area contributed by atoms with Crippen LogP contribution in [0.4, 0.5) is 13.2 Å². The second-order valence-corrected chi connectivity index (χ2v) is 5.98. The van der Waals surface area contributed by atoms with Crippen molar-refractivity contribution in [1.82, 2.24) is 0 Å². The third-order valence-electron chi connectivity index (χ3n) is 3.56. The lowest BCUT2D eigenvalue weighted by Crippen LogP contribution is -2.34. The van der Waals surface area contributed by atoms with Crippen molar-refractivity contribution in [3.63, 3.8) is 0 Å². The molecule has 0 radical (unpaired) electrons. The number of hydrogen-bond acceptors (Lipinski definition) is 2. The number of terminal acetylenes is 1. The van der Waals surface area contributed by atoms with Gasteiger partial charge < -0.3 is 5.11 Å². The number of alkyl halides is 3. The third-order valence-corrected chi connectivity index (χ3v) is 4.72. The number of rotatable bonds is 4. The van der Waals surface area contributed by atoms with Crippen molar-refractivity contribution in [3.05, 3.63) is 40.3 Å². The first-order chi connectivity index (χ1) is 9.80. The van der Waals surface area contributed by atoms with Gasteiger partial charge in [0.1, 0.15) is 5.60 Å². The fourth-order valence-electron chi connectivity index (χ4n) is 2.47. The normalized spacial score (nSPS) is 20.4. The molecule has 0 saturated heterocycles. The molecule has 112 valence electrons. The molecule has 0 amide bonds. The monoisotopic (exact) mass is 312 g/mol. The van der Waals surface area contributed by atoms with Crippen LogP contribution in [-0.2, 0) is 0 Å². The molecule has 1 nitrogen and oxygen atoms in total. The van der Waals surface area contributed by atoms with Crippen molar-refractivity contribution in [2.45, 2.75) is 31.0 Å². The highest BCUT2D eigenvalue weighted by molar-refractivity contribution is 8.03. The Morgan fingerprint density at radius 2 is 2.00 bits per heavy atom. The van der Waals surface area contributed by atoms with Gasteiger partial charge in [0.2, 0.25) is 0 Å². The van der Waals surface area contributed by atoms with Crippen molar-refractivity contribution in [3.8, 4) is 12.3 Å². The van der Waals surface area contributed by atoms with E-state index < -0.39 is 23.4 Å². The number of hydrogen-bond donors (Lipinski definition) is 1. The second-order valence-electron chi connectivity index (χ2n) is 4.93. The summed E-state index contributed by atoms with van der Waals surface area (Å²) >= 11 is 0.694. The number of thioether (sulfide) groups is 1. The fourth-order valence-corrected chi connectivity index (χ4v) is 3.50. The van der Waals surface area contributed by atoms with E-state index in [0.717, 1.165) is 11.1 Å². The quantitative estimate of drug-likeness (QED) is 0.841. The molecular weight excluding hydrogens is 297 g/mol. The van der Waals surface area contributed by atoms with E-state index in [9.17, 15) is 18.3 Å². The summed E-state index contributed by atoms with van der Waals surface area (Å²) in [5.74, 6) is 0.765. The number of fused-ring (bicyclic) bond motifs is 1. The van der Waals surface area contributed by atoms with Gasteiger partial charge in [-0.05, 0) is 28.5 Å². The predicted octanol–water partition coefficient (Wildman–Crippen LogP) is 4.19. The van der Waals surface area contributed by atoms with E-state index in [1.807, 2.05) is 12.1 Å². The lowest BCUT2D eigenvalue weighted by molar-refractivity contribution is -0.105. The van der Waals surface area contributed by atoms with Crippen LogP contribution in [0.25, 0.3) is 6.08 Å². The molecule has 0 aromatic heterocycles. The van der Waals surface area contributed by atoms with Crippen molar-refractivity contribution < 1.29 is 18.3 Å². The minimum Gasteiger partial charge on any atom is -0.377 e. The zero-order chi connectivity index (χ0) is 15.7. The maximum atomic E-state index is 12.5. The van der Waals surface area contributed by atoms with Gasteiger partial charge in [0.05, 0.1) is 11.7 Å². The fraction of sp³-hybridized carbons (Fsp3) is 0.375. The molecule has 0 bridgehead atoms. The number of halogens is 3. The maximum absolute atomic E-state index is 12.5. The first kappa shape index (κ1) is 16.0. The Balaban J connectivity index is 2.38. The van der Waals surface area contributed by atoms with Crippen LogP contribution in [0.15, 0.2) is 29.2 Å². The molecule has 1 aromatic carbocycles. The van der Waals surface area contributed by atoms with Crippen molar-refractivity contribution in [2.75, 3.05) is 5.75 Å². The molecule has 1 aliphatic rings. The molecular formula is C16H15F3OS. The minimum atomic E-state index is -4.26. The van der Waals surface area contributed by atoms with Gasteiger partial charge in [-0.2, -0.15) is 13.2 Å². The Bertz CT molecular complexity index is 600. The standard InChI is InChI=1S/C16H15F3OS/c1-3-15(20,4-2)14-12-8-6-5-7-11(12)9-13(14)21-10-16(17,18)19/h1,5-9,14,20H,4,10H2,2H3. The van der Waals surface area contributed by atoms with Crippen LogP contribution in [0.5, 0.6) is 0 Å². The van der Waals surface area contributed by atoms with Crippen LogP contribution in [0.2, 0.25) is 0 Å². The van der Waals surface area contributed by atoms with E-state index in [2.05, 4.69) is 5.92 Å². The highest BCUT2D eigenvalue weighted by Crippen LogP contribution is 2.49. The molecule has 0 aliphatic heterocycles. The maximum Gasteiger partial charge on any atom is 0.398 e. The van der Waals surface area contributed by atoms with E-state index in [4.69, 9.17) is 6.42 Å². The molecule has 1 aromatic rings. The second kappa shape index (κ2) is 5.78. The predicted molar refractivity (Wildman–Crippen MR) is 79.7 cm³/mol. The summed E-state index contributed by atoms with van der Waals surface area (Å²) in [6, 6.07) is 7.22. The van der Waals surface area contributed by atoms with E-state index in [1.165, 1.54) is 0 Å². The molecule has 1 N–H and O–H groups in total. The summed E-state index contributed by atoms with van der Waals surface area (Å²) in [4.78, 5) is 0.468. The Kier molecular flexibility index (Phi) is 4.40.